The van der Waals surface area contributed by atoms with Gasteiger partial charge in [0.05, 0.1) is 6.61 Å². The van der Waals surface area contributed by atoms with Crippen LogP contribution in [-0.2, 0) is 16.2 Å². The van der Waals surface area contributed by atoms with Crippen molar-refractivity contribution in [1.82, 2.24) is 5.06 Å². The average Bonchev–Trinajstić information content (AvgIpc) is 2.46. The van der Waals surface area contributed by atoms with Crippen molar-refractivity contribution < 1.29 is 9.63 Å². The SMILES string of the molecule is CN(OCc1ccccc1)C1CCC(C(N)=O)CC1. The van der Waals surface area contributed by atoms with Crippen LogP contribution < -0.4 is 5.73 Å². The first kappa shape index (κ1) is 14.0. The second-order valence-electron chi connectivity index (χ2n) is 5.21. The van der Waals surface area contributed by atoms with Gasteiger partial charge in [0.25, 0.3) is 0 Å². The fourth-order valence-electron chi connectivity index (χ4n) is 2.58. The van der Waals surface area contributed by atoms with Crippen LogP contribution in [0.15, 0.2) is 30.3 Å². The number of hydrogen-bond acceptors (Lipinski definition) is 3. The number of benzene rings is 1. The summed E-state index contributed by atoms with van der Waals surface area (Å²) in [5, 5.41) is 1.93. The van der Waals surface area contributed by atoms with Crippen molar-refractivity contribution in [2.45, 2.75) is 38.3 Å². The molecule has 1 saturated carbocycles. The van der Waals surface area contributed by atoms with Gasteiger partial charge in [-0.05, 0) is 31.2 Å². The predicted octanol–water partition coefficient (Wildman–Crippen LogP) is 2.09. The Labute approximate surface area is 114 Å². The molecular formula is C15H22N2O2. The second-order valence-corrected chi connectivity index (χ2v) is 5.21. The molecule has 19 heavy (non-hydrogen) atoms. The van der Waals surface area contributed by atoms with Crippen LogP contribution in [0.3, 0.4) is 0 Å². The van der Waals surface area contributed by atoms with Crippen molar-refractivity contribution >= 4 is 5.91 Å². The van der Waals surface area contributed by atoms with E-state index in [1.54, 1.807) is 0 Å². The smallest absolute Gasteiger partial charge is 0.220 e. The van der Waals surface area contributed by atoms with Gasteiger partial charge in [-0.3, -0.25) is 9.63 Å². The fraction of sp³-hybridized carbons (Fsp3) is 0.533. The van der Waals surface area contributed by atoms with Crippen molar-refractivity contribution in [3.05, 3.63) is 35.9 Å². The van der Waals surface area contributed by atoms with E-state index in [1.807, 2.05) is 30.3 Å². The quantitative estimate of drug-likeness (QED) is 0.827. The van der Waals surface area contributed by atoms with Crippen molar-refractivity contribution in [1.29, 1.82) is 0 Å². The standard InChI is InChI=1S/C15H22N2O2/c1-17(19-11-12-5-3-2-4-6-12)14-9-7-13(8-10-14)15(16)18/h2-6,13-14H,7-11H2,1H3,(H2,16,18). The minimum Gasteiger partial charge on any atom is -0.369 e. The van der Waals surface area contributed by atoms with E-state index in [9.17, 15) is 4.79 Å². The molecule has 0 atom stereocenters. The van der Waals surface area contributed by atoms with E-state index in [1.165, 1.54) is 5.56 Å². The molecule has 0 aliphatic heterocycles. The molecule has 0 unspecified atom stereocenters. The number of primary amides is 1. The molecule has 1 aromatic rings. The van der Waals surface area contributed by atoms with E-state index in [4.69, 9.17) is 10.6 Å². The Balaban J connectivity index is 1.75. The zero-order chi connectivity index (χ0) is 13.7. The number of amides is 1. The highest BCUT2D eigenvalue weighted by Gasteiger charge is 2.27. The van der Waals surface area contributed by atoms with Crippen LogP contribution in [0.1, 0.15) is 31.2 Å². The Hall–Kier alpha value is -1.39. The second kappa shape index (κ2) is 6.68. The molecule has 0 radical (unpaired) electrons. The lowest BCUT2D eigenvalue weighted by Crippen LogP contribution is -2.37. The van der Waals surface area contributed by atoms with E-state index in [0.717, 1.165) is 25.7 Å². The van der Waals surface area contributed by atoms with Crippen molar-refractivity contribution in [2.24, 2.45) is 11.7 Å². The third kappa shape index (κ3) is 4.04. The van der Waals surface area contributed by atoms with Gasteiger partial charge < -0.3 is 5.73 Å². The predicted molar refractivity (Wildman–Crippen MR) is 73.9 cm³/mol. The van der Waals surface area contributed by atoms with Crippen LogP contribution >= 0.6 is 0 Å². The van der Waals surface area contributed by atoms with Gasteiger partial charge >= 0.3 is 0 Å². The third-order valence-corrected chi connectivity index (χ3v) is 3.89. The number of carbonyl (C=O) groups excluding carboxylic acids is 1. The maximum Gasteiger partial charge on any atom is 0.220 e. The summed E-state index contributed by atoms with van der Waals surface area (Å²) < 4.78 is 0. The van der Waals surface area contributed by atoms with Gasteiger partial charge in [0.15, 0.2) is 0 Å². The van der Waals surface area contributed by atoms with Crippen LogP contribution in [-0.4, -0.2) is 24.1 Å². The van der Waals surface area contributed by atoms with Crippen LogP contribution in [0.2, 0.25) is 0 Å². The van der Waals surface area contributed by atoms with E-state index in [0.29, 0.717) is 12.6 Å². The van der Waals surface area contributed by atoms with Crippen LogP contribution in [0.25, 0.3) is 0 Å². The zero-order valence-corrected chi connectivity index (χ0v) is 11.4. The summed E-state index contributed by atoms with van der Waals surface area (Å²) in [5.41, 5.74) is 6.51. The van der Waals surface area contributed by atoms with Crippen molar-refractivity contribution in [3.8, 4) is 0 Å². The van der Waals surface area contributed by atoms with Gasteiger partial charge in [-0.2, -0.15) is 5.06 Å². The number of nitrogens with two attached hydrogens (primary N) is 1. The lowest BCUT2D eigenvalue weighted by molar-refractivity contribution is -0.185. The van der Waals surface area contributed by atoms with Crippen LogP contribution in [0.5, 0.6) is 0 Å². The highest BCUT2D eigenvalue weighted by atomic mass is 16.7. The summed E-state index contributed by atoms with van der Waals surface area (Å²) >= 11 is 0. The van der Waals surface area contributed by atoms with E-state index < -0.39 is 0 Å². The minimum atomic E-state index is -0.161. The molecule has 0 saturated heterocycles. The summed E-state index contributed by atoms with van der Waals surface area (Å²) in [5.74, 6) is -0.106. The largest absolute Gasteiger partial charge is 0.369 e. The minimum absolute atomic E-state index is 0.0544. The average molecular weight is 262 g/mol. The normalized spacial score (nSPS) is 23.5. The van der Waals surface area contributed by atoms with E-state index in [-0.39, 0.29) is 11.8 Å². The van der Waals surface area contributed by atoms with Crippen LogP contribution in [0.4, 0.5) is 0 Å². The first-order chi connectivity index (χ1) is 9.16. The number of rotatable bonds is 5. The lowest BCUT2D eigenvalue weighted by atomic mass is 9.85. The van der Waals surface area contributed by atoms with Crippen molar-refractivity contribution in [3.63, 3.8) is 0 Å². The highest BCUT2D eigenvalue weighted by molar-refractivity contribution is 5.76. The molecule has 104 valence electrons. The monoisotopic (exact) mass is 262 g/mol. The maximum absolute atomic E-state index is 11.1. The topological polar surface area (TPSA) is 55.6 Å². The Bertz CT molecular complexity index is 400. The maximum atomic E-state index is 11.1. The fourth-order valence-corrected chi connectivity index (χ4v) is 2.58. The van der Waals surface area contributed by atoms with Gasteiger partial charge in [0, 0.05) is 19.0 Å². The third-order valence-electron chi connectivity index (χ3n) is 3.89. The zero-order valence-electron chi connectivity index (χ0n) is 11.4. The molecule has 1 aromatic carbocycles. The molecule has 4 nitrogen and oxygen atoms in total. The first-order valence-electron chi connectivity index (χ1n) is 6.86. The summed E-state index contributed by atoms with van der Waals surface area (Å²) in [4.78, 5) is 16.9. The Morgan fingerprint density at radius 2 is 1.89 bits per heavy atom. The van der Waals surface area contributed by atoms with E-state index >= 15 is 0 Å². The molecule has 4 heteroatoms. The van der Waals surface area contributed by atoms with Crippen LogP contribution in [0, 0.1) is 5.92 Å². The Kier molecular flexibility index (Phi) is 4.93. The molecule has 0 spiro atoms. The summed E-state index contributed by atoms with van der Waals surface area (Å²) in [6.45, 7) is 0.590. The molecule has 1 aliphatic carbocycles. The molecule has 1 aliphatic rings. The van der Waals surface area contributed by atoms with Gasteiger partial charge in [-0.25, -0.2) is 0 Å². The van der Waals surface area contributed by atoms with Crippen molar-refractivity contribution in [2.75, 3.05) is 7.05 Å². The summed E-state index contributed by atoms with van der Waals surface area (Å²) in [7, 11) is 1.97. The Morgan fingerprint density at radius 3 is 2.47 bits per heavy atom. The highest BCUT2D eigenvalue weighted by Crippen LogP contribution is 2.27. The molecule has 2 N–H and O–H groups in total. The number of nitrogens with zero attached hydrogens (tertiary/aromatic N) is 1. The van der Waals surface area contributed by atoms with Gasteiger partial charge in [0.1, 0.15) is 0 Å². The molecular weight excluding hydrogens is 240 g/mol. The molecule has 0 aromatic heterocycles. The first-order valence-corrected chi connectivity index (χ1v) is 6.86. The van der Waals surface area contributed by atoms with Gasteiger partial charge in [-0.15, -0.1) is 0 Å². The van der Waals surface area contributed by atoms with E-state index in [2.05, 4.69) is 12.1 Å². The molecule has 1 fully saturated rings. The lowest BCUT2D eigenvalue weighted by Gasteiger charge is -2.32. The number of hydroxylamine groups is 2. The van der Waals surface area contributed by atoms with Gasteiger partial charge in [-0.1, -0.05) is 30.3 Å². The summed E-state index contributed by atoms with van der Waals surface area (Å²) in [6.07, 6.45) is 3.69. The van der Waals surface area contributed by atoms with Gasteiger partial charge in [0.2, 0.25) is 5.91 Å². The molecule has 0 heterocycles. The number of hydrogen-bond donors (Lipinski definition) is 1. The Morgan fingerprint density at radius 1 is 1.26 bits per heavy atom. The summed E-state index contributed by atoms with van der Waals surface area (Å²) in [6, 6.07) is 10.5. The number of carbonyl (C=O) groups is 1. The molecule has 0 bridgehead atoms. The molecule has 1 amide bonds. The molecule has 2 rings (SSSR count).